The number of phenolic OH excluding ortho intramolecular Hbond substituents is 1. The number of carbonyl (C=O) groups excluding carboxylic acids is 1. The van der Waals surface area contributed by atoms with Crippen LogP contribution in [0.1, 0.15) is 17.3 Å². The highest BCUT2D eigenvalue weighted by Crippen LogP contribution is 2.21. The van der Waals surface area contributed by atoms with Gasteiger partial charge in [0.2, 0.25) is 0 Å². The summed E-state index contributed by atoms with van der Waals surface area (Å²) in [5, 5.41) is 12.9. The molecule has 0 unspecified atom stereocenters. The van der Waals surface area contributed by atoms with Crippen molar-refractivity contribution in [2.45, 2.75) is 6.92 Å². The summed E-state index contributed by atoms with van der Waals surface area (Å²) in [5.74, 6) is -0.515. The average molecular weight is 257 g/mol. The third kappa shape index (κ3) is 2.56. The zero-order valence-electron chi connectivity index (χ0n) is 7.49. The van der Waals surface area contributed by atoms with Crippen LogP contribution in [-0.2, 0) is 0 Å². The molecule has 0 aliphatic rings. The number of hydrazone groups is 1. The average Bonchev–Trinajstić information content (AvgIpc) is 2.18. The fraction of sp³-hybridized carbons (Fsp3) is 0.111. The monoisotopic (exact) mass is 256 g/mol. The first-order valence-electron chi connectivity index (χ1n) is 3.91. The first kappa shape index (κ1) is 10.7. The predicted octanol–water partition coefficient (Wildman–Crippen LogP) is 1.89. The molecule has 0 heterocycles. The van der Waals surface area contributed by atoms with Crippen LogP contribution in [0, 0.1) is 0 Å². The SMILES string of the molecule is CC=NNC(=O)c1cc(Br)ccc1O. The lowest BCUT2D eigenvalue weighted by atomic mass is 10.2. The van der Waals surface area contributed by atoms with Crippen molar-refractivity contribution in [2.75, 3.05) is 0 Å². The molecule has 0 radical (unpaired) electrons. The van der Waals surface area contributed by atoms with Gasteiger partial charge in [-0.05, 0) is 25.1 Å². The molecule has 0 aliphatic heterocycles. The third-order valence-corrected chi connectivity index (χ3v) is 1.99. The van der Waals surface area contributed by atoms with Gasteiger partial charge in [-0.3, -0.25) is 4.79 Å². The van der Waals surface area contributed by atoms with Crippen molar-refractivity contribution in [1.82, 2.24) is 5.43 Å². The Morgan fingerprint density at radius 3 is 3.00 bits per heavy atom. The molecule has 0 bridgehead atoms. The Balaban J connectivity index is 2.94. The molecule has 0 aromatic heterocycles. The fourth-order valence-corrected chi connectivity index (χ4v) is 1.23. The molecular weight excluding hydrogens is 248 g/mol. The van der Waals surface area contributed by atoms with E-state index in [0.29, 0.717) is 0 Å². The Labute approximate surface area is 89.8 Å². The van der Waals surface area contributed by atoms with Crippen LogP contribution in [0.15, 0.2) is 27.8 Å². The van der Waals surface area contributed by atoms with E-state index in [-0.39, 0.29) is 11.3 Å². The van der Waals surface area contributed by atoms with Crippen molar-refractivity contribution in [3.05, 3.63) is 28.2 Å². The number of carbonyl (C=O) groups is 1. The zero-order valence-corrected chi connectivity index (χ0v) is 9.08. The van der Waals surface area contributed by atoms with Gasteiger partial charge in [-0.25, -0.2) is 5.43 Å². The number of aromatic hydroxyl groups is 1. The van der Waals surface area contributed by atoms with Gasteiger partial charge in [0.25, 0.3) is 5.91 Å². The van der Waals surface area contributed by atoms with Crippen molar-refractivity contribution in [3.63, 3.8) is 0 Å². The Hall–Kier alpha value is -1.36. The molecule has 1 aromatic carbocycles. The molecule has 0 saturated heterocycles. The smallest absolute Gasteiger partial charge is 0.275 e. The van der Waals surface area contributed by atoms with E-state index in [2.05, 4.69) is 26.5 Å². The summed E-state index contributed by atoms with van der Waals surface area (Å²) in [5.41, 5.74) is 2.45. The summed E-state index contributed by atoms with van der Waals surface area (Å²) >= 11 is 3.20. The number of benzene rings is 1. The molecule has 4 nitrogen and oxygen atoms in total. The molecule has 14 heavy (non-hydrogen) atoms. The fourth-order valence-electron chi connectivity index (χ4n) is 0.874. The Bertz CT molecular complexity index is 377. The highest BCUT2D eigenvalue weighted by Gasteiger charge is 2.10. The van der Waals surface area contributed by atoms with Gasteiger partial charge >= 0.3 is 0 Å². The molecule has 0 saturated carbocycles. The van der Waals surface area contributed by atoms with E-state index in [1.165, 1.54) is 18.3 Å². The van der Waals surface area contributed by atoms with Crippen LogP contribution in [0.5, 0.6) is 5.75 Å². The van der Waals surface area contributed by atoms with Gasteiger partial charge in [0.1, 0.15) is 5.75 Å². The molecule has 1 rings (SSSR count). The van der Waals surface area contributed by atoms with Gasteiger partial charge < -0.3 is 5.11 Å². The van der Waals surface area contributed by atoms with Crippen molar-refractivity contribution in [3.8, 4) is 5.75 Å². The molecule has 2 N–H and O–H groups in total. The Morgan fingerprint density at radius 2 is 2.36 bits per heavy atom. The third-order valence-electron chi connectivity index (χ3n) is 1.50. The van der Waals surface area contributed by atoms with Crippen LogP contribution < -0.4 is 5.43 Å². The van der Waals surface area contributed by atoms with E-state index in [9.17, 15) is 9.90 Å². The van der Waals surface area contributed by atoms with Gasteiger partial charge in [0, 0.05) is 10.7 Å². The first-order valence-corrected chi connectivity index (χ1v) is 4.71. The molecule has 1 aromatic rings. The number of nitrogens with one attached hydrogen (secondary N) is 1. The topological polar surface area (TPSA) is 61.7 Å². The number of amides is 1. The summed E-state index contributed by atoms with van der Waals surface area (Å²) in [6.07, 6.45) is 1.45. The van der Waals surface area contributed by atoms with Crippen molar-refractivity contribution < 1.29 is 9.90 Å². The summed E-state index contributed by atoms with van der Waals surface area (Å²) < 4.78 is 0.723. The number of halogens is 1. The van der Waals surface area contributed by atoms with E-state index in [1.54, 1.807) is 13.0 Å². The maximum Gasteiger partial charge on any atom is 0.275 e. The minimum atomic E-state index is -0.443. The number of rotatable bonds is 2. The standard InChI is InChI=1S/C9H9BrN2O2/c1-2-11-12-9(14)7-5-6(10)3-4-8(7)13/h2-5,13H,1H3,(H,12,14). The summed E-state index contributed by atoms with van der Waals surface area (Å²) in [7, 11) is 0. The van der Waals surface area contributed by atoms with Crippen LogP contribution in [0.25, 0.3) is 0 Å². The second-order valence-electron chi connectivity index (χ2n) is 2.49. The van der Waals surface area contributed by atoms with Crippen LogP contribution >= 0.6 is 15.9 Å². The molecule has 0 fully saturated rings. The molecule has 74 valence electrons. The van der Waals surface area contributed by atoms with E-state index in [4.69, 9.17) is 0 Å². The van der Waals surface area contributed by atoms with Crippen molar-refractivity contribution >= 4 is 28.1 Å². The van der Waals surface area contributed by atoms with Crippen LogP contribution in [-0.4, -0.2) is 17.2 Å². The number of nitrogens with zero attached hydrogens (tertiary/aromatic N) is 1. The van der Waals surface area contributed by atoms with E-state index < -0.39 is 5.91 Å². The number of hydrogen-bond acceptors (Lipinski definition) is 3. The van der Waals surface area contributed by atoms with Gasteiger partial charge in [0.15, 0.2) is 0 Å². The zero-order chi connectivity index (χ0) is 10.6. The highest BCUT2D eigenvalue weighted by atomic mass is 79.9. The number of phenols is 1. The molecule has 0 atom stereocenters. The quantitative estimate of drug-likeness (QED) is 0.627. The molecule has 5 heteroatoms. The summed E-state index contributed by atoms with van der Waals surface area (Å²) in [4.78, 5) is 11.4. The van der Waals surface area contributed by atoms with Gasteiger partial charge in [-0.2, -0.15) is 5.10 Å². The largest absolute Gasteiger partial charge is 0.507 e. The Kier molecular flexibility index (Phi) is 3.64. The van der Waals surface area contributed by atoms with Crippen LogP contribution in [0.2, 0.25) is 0 Å². The van der Waals surface area contributed by atoms with E-state index >= 15 is 0 Å². The molecule has 1 amide bonds. The molecule has 0 aliphatic carbocycles. The van der Waals surface area contributed by atoms with Gasteiger partial charge in [-0.1, -0.05) is 15.9 Å². The maximum atomic E-state index is 11.4. The maximum absolute atomic E-state index is 11.4. The first-order chi connectivity index (χ1) is 6.65. The van der Waals surface area contributed by atoms with Crippen LogP contribution in [0.4, 0.5) is 0 Å². The second-order valence-corrected chi connectivity index (χ2v) is 3.41. The van der Waals surface area contributed by atoms with Crippen LogP contribution in [0.3, 0.4) is 0 Å². The van der Waals surface area contributed by atoms with Gasteiger partial charge in [0.05, 0.1) is 5.56 Å². The van der Waals surface area contributed by atoms with Gasteiger partial charge in [-0.15, -0.1) is 0 Å². The number of hydrogen-bond donors (Lipinski definition) is 2. The molecule has 0 spiro atoms. The van der Waals surface area contributed by atoms with Crippen molar-refractivity contribution in [1.29, 1.82) is 0 Å². The lowest BCUT2D eigenvalue weighted by Gasteiger charge is -2.02. The Morgan fingerprint density at radius 1 is 1.64 bits per heavy atom. The summed E-state index contributed by atoms with van der Waals surface area (Å²) in [6.45, 7) is 1.68. The minimum Gasteiger partial charge on any atom is -0.507 e. The van der Waals surface area contributed by atoms with E-state index in [0.717, 1.165) is 4.47 Å². The minimum absolute atomic E-state index is 0.0722. The highest BCUT2D eigenvalue weighted by molar-refractivity contribution is 9.10. The molecular formula is C9H9BrN2O2. The normalized spacial score (nSPS) is 10.4. The predicted molar refractivity (Wildman–Crippen MR) is 57.4 cm³/mol. The van der Waals surface area contributed by atoms with E-state index in [1.807, 2.05) is 0 Å². The van der Waals surface area contributed by atoms with Crippen molar-refractivity contribution in [2.24, 2.45) is 5.10 Å². The lowest BCUT2D eigenvalue weighted by Crippen LogP contribution is -2.17. The summed E-state index contributed by atoms with van der Waals surface area (Å²) in [6, 6.07) is 4.61. The lowest BCUT2D eigenvalue weighted by molar-refractivity contribution is 0.0952. The second kappa shape index (κ2) is 4.76.